The van der Waals surface area contributed by atoms with Crippen molar-refractivity contribution in [3.8, 4) is 11.4 Å². The molecule has 3 aromatic heterocycles. The second kappa shape index (κ2) is 11.8. The average molecular weight is 568 g/mol. The maximum atomic E-state index is 14.5. The first-order chi connectivity index (χ1) is 19.3. The zero-order valence-corrected chi connectivity index (χ0v) is 22.4. The van der Waals surface area contributed by atoms with Gasteiger partial charge in [0.05, 0.1) is 35.9 Å². The summed E-state index contributed by atoms with van der Waals surface area (Å²) in [4.78, 5) is 22.9. The van der Waals surface area contributed by atoms with Crippen LogP contribution in [0.1, 0.15) is 27.4 Å². The molecule has 0 aliphatic carbocycles. The number of benzene rings is 2. The van der Waals surface area contributed by atoms with Crippen LogP contribution in [0.2, 0.25) is 5.02 Å². The Morgan fingerprint density at radius 3 is 2.75 bits per heavy atom. The van der Waals surface area contributed by atoms with Gasteiger partial charge in [-0.05, 0) is 36.8 Å². The second-order valence-corrected chi connectivity index (χ2v) is 9.34. The van der Waals surface area contributed by atoms with Gasteiger partial charge in [-0.15, -0.1) is 0 Å². The monoisotopic (exact) mass is 567 g/mol. The number of hydrogen-bond donors (Lipinski definition) is 0. The Balaban J connectivity index is 1.47. The van der Waals surface area contributed by atoms with E-state index in [-0.39, 0.29) is 37.1 Å². The molecule has 206 valence electrons. The number of aromatic nitrogens is 4. The molecule has 0 radical (unpaired) electrons. The minimum atomic E-state index is -0.555. The van der Waals surface area contributed by atoms with E-state index in [2.05, 4.69) is 15.1 Å². The second-order valence-electron chi connectivity index (χ2n) is 8.94. The molecular weight excluding hydrogens is 544 g/mol. The number of carbonyl (C=O) groups is 1. The normalized spacial score (nSPS) is 11.2. The Labute approximate surface area is 232 Å². The fourth-order valence-electron chi connectivity index (χ4n) is 4.31. The average Bonchev–Trinajstić information content (AvgIpc) is 3.62. The first-order valence-electron chi connectivity index (χ1n) is 12.2. The van der Waals surface area contributed by atoms with Crippen molar-refractivity contribution < 1.29 is 27.5 Å². The van der Waals surface area contributed by atoms with Crippen LogP contribution in [-0.4, -0.2) is 50.8 Å². The van der Waals surface area contributed by atoms with Gasteiger partial charge in [-0.3, -0.25) is 4.79 Å². The Morgan fingerprint density at radius 1 is 1.18 bits per heavy atom. The van der Waals surface area contributed by atoms with E-state index < -0.39 is 17.5 Å². The maximum Gasteiger partial charge on any atom is 0.291 e. The van der Waals surface area contributed by atoms with Gasteiger partial charge in [0.15, 0.2) is 12.2 Å². The van der Waals surface area contributed by atoms with E-state index >= 15 is 0 Å². The standard InChI is InChI=1S/C28H24ClF2N5O4/c1-17-8-24(36-14-20(31)11-33-36)21-4-3-5-25(27(21)34-17)39-15-22-18(9-19(30)10-23(22)29)13-35(6-7-38-2)28(37)26-12-32-16-40-26/h3-5,8-12,14,16H,6-7,13,15H2,1-2H3. The molecule has 0 bridgehead atoms. The van der Waals surface area contributed by atoms with E-state index in [0.717, 1.165) is 12.6 Å². The summed E-state index contributed by atoms with van der Waals surface area (Å²) in [5, 5.41) is 4.92. The van der Waals surface area contributed by atoms with Crippen LogP contribution in [0.4, 0.5) is 8.78 Å². The molecule has 5 aromatic rings. The molecule has 0 saturated heterocycles. The van der Waals surface area contributed by atoms with Gasteiger partial charge in [0.25, 0.3) is 5.91 Å². The topological polar surface area (TPSA) is 95.5 Å². The Hall–Kier alpha value is -4.35. The number of halogens is 3. The number of fused-ring (bicyclic) bond motifs is 1. The fraction of sp³-hybridized carbons (Fsp3) is 0.214. The number of methoxy groups -OCH3 is 1. The number of para-hydroxylation sites is 1. The van der Waals surface area contributed by atoms with Gasteiger partial charge in [0.1, 0.15) is 23.7 Å². The molecule has 2 aromatic carbocycles. The molecule has 12 heteroatoms. The van der Waals surface area contributed by atoms with Gasteiger partial charge >= 0.3 is 0 Å². The highest BCUT2D eigenvalue weighted by Gasteiger charge is 2.22. The van der Waals surface area contributed by atoms with Crippen LogP contribution in [-0.2, 0) is 17.9 Å². The molecule has 0 N–H and O–H groups in total. The third-order valence-corrected chi connectivity index (χ3v) is 6.53. The third-order valence-electron chi connectivity index (χ3n) is 6.19. The quantitative estimate of drug-likeness (QED) is 0.219. The molecule has 40 heavy (non-hydrogen) atoms. The number of oxazole rings is 1. The maximum absolute atomic E-state index is 14.5. The molecule has 1 amide bonds. The number of hydrogen-bond acceptors (Lipinski definition) is 7. The molecule has 0 atom stereocenters. The molecule has 9 nitrogen and oxygen atoms in total. The predicted molar refractivity (Wildman–Crippen MR) is 142 cm³/mol. The highest BCUT2D eigenvalue weighted by Crippen LogP contribution is 2.31. The van der Waals surface area contributed by atoms with E-state index in [4.69, 9.17) is 25.5 Å². The van der Waals surface area contributed by atoms with Crippen molar-refractivity contribution in [2.45, 2.75) is 20.1 Å². The van der Waals surface area contributed by atoms with Gasteiger partial charge in [-0.1, -0.05) is 23.7 Å². The molecular formula is C28H24ClF2N5O4. The van der Waals surface area contributed by atoms with Crippen molar-refractivity contribution >= 4 is 28.4 Å². The summed E-state index contributed by atoms with van der Waals surface area (Å²) in [7, 11) is 1.52. The summed E-state index contributed by atoms with van der Waals surface area (Å²) in [6, 6.07) is 9.67. The third kappa shape index (κ3) is 5.80. The van der Waals surface area contributed by atoms with E-state index in [1.807, 2.05) is 13.0 Å². The smallest absolute Gasteiger partial charge is 0.291 e. The summed E-state index contributed by atoms with van der Waals surface area (Å²) >= 11 is 6.48. The van der Waals surface area contributed by atoms with Crippen molar-refractivity contribution in [3.05, 3.63) is 101 Å². The molecule has 0 fully saturated rings. The Bertz CT molecular complexity index is 1660. The Morgan fingerprint density at radius 2 is 2.02 bits per heavy atom. The lowest BCUT2D eigenvalue weighted by Crippen LogP contribution is -2.33. The molecule has 0 spiro atoms. The zero-order valence-electron chi connectivity index (χ0n) is 21.6. The minimum Gasteiger partial charge on any atom is -0.487 e. The van der Waals surface area contributed by atoms with Crippen LogP contribution < -0.4 is 4.74 Å². The van der Waals surface area contributed by atoms with Crippen LogP contribution in [0.25, 0.3) is 16.6 Å². The highest BCUT2D eigenvalue weighted by atomic mass is 35.5. The largest absolute Gasteiger partial charge is 0.487 e. The van der Waals surface area contributed by atoms with E-state index in [1.165, 1.54) is 41.2 Å². The fourth-order valence-corrected chi connectivity index (χ4v) is 4.59. The highest BCUT2D eigenvalue weighted by molar-refractivity contribution is 6.31. The van der Waals surface area contributed by atoms with Crippen molar-refractivity contribution in [2.24, 2.45) is 0 Å². The number of rotatable bonds is 10. The molecule has 0 unspecified atom stereocenters. The molecule has 3 heterocycles. The van der Waals surface area contributed by atoms with E-state index in [1.54, 1.807) is 18.2 Å². The number of carbonyl (C=O) groups excluding carboxylic acids is 1. The predicted octanol–water partition coefficient (Wildman–Crippen LogP) is 5.52. The number of nitrogens with zero attached hydrogens (tertiary/aromatic N) is 5. The van der Waals surface area contributed by atoms with Crippen molar-refractivity contribution in [1.82, 2.24) is 24.6 Å². The number of pyridine rings is 1. The van der Waals surface area contributed by atoms with Crippen LogP contribution in [0.5, 0.6) is 5.75 Å². The summed E-state index contributed by atoms with van der Waals surface area (Å²) in [5.41, 5.74) is 2.79. The van der Waals surface area contributed by atoms with Crippen LogP contribution in [0.15, 0.2) is 65.8 Å². The first kappa shape index (κ1) is 27.2. The van der Waals surface area contributed by atoms with Gasteiger partial charge in [-0.25, -0.2) is 23.4 Å². The summed E-state index contributed by atoms with van der Waals surface area (Å²) in [6.45, 7) is 2.26. The van der Waals surface area contributed by atoms with Gasteiger partial charge in [-0.2, -0.15) is 5.10 Å². The molecule has 0 aliphatic rings. The van der Waals surface area contributed by atoms with Crippen LogP contribution >= 0.6 is 11.6 Å². The van der Waals surface area contributed by atoms with Crippen molar-refractivity contribution in [1.29, 1.82) is 0 Å². The lowest BCUT2D eigenvalue weighted by atomic mass is 10.1. The van der Waals surface area contributed by atoms with Crippen LogP contribution in [0, 0.1) is 18.6 Å². The van der Waals surface area contributed by atoms with Gasteiger partial charge < -0.3 is 18.8 Å². The molecule has 0 aliphatic heterocycles. The van der Waals surface area contributed by atoms with Gasteiger partial charge in [0, 0.05) is 36.8 Å². The summed E-state index contributed by atoms with van der Waals surface area (Å²) in [5.74, 6) is -0.967. The number of ether oxygens (including phenoxy) is 2. The lowest BCUT2D eigenvalue weighted by molar-refractivity contribution is 0.0648. The number of aryl methyl sites for hydroxylation is 1. The number of amides is 1. The zero-order chi connectivity index (χ0) is 28.2. The Kier molecular flexibility index (Phi) is 8.04. The first-order valence-corrected chi connectivity index (χ1v) is 12.6. The van der Waals surface area contributed by atoms with E-state index in [9.17, 15) is 13.6 Å². The van der Waals surface area contributed by atoms with E-state index in [0.29, 0.717) is 39.2 Å². The van der Waals surface area contributed by atoms with Gasteiger partial charge in [0.2, 0.25) is 5.76 Å². The van der Waals surface area contributed by atoms with Crippen LogP contribution in [0.3, 0.4) is 0 Å². The van der Waals surface area contributed by atoms with Crippen molar-refractivity contribution in [3.63, 3.8) is 0 Å². The molecule has 5 rings (SSSR count). The summed E-state index contributed by atoms with van der Waals surface area (Å²) < 4.78 is 46.1. The molecule has 0 saturated carbocycles. The summed E-state index contributed by atoms with van der Waals surface area (Å²) in [6.07, 6.45) is 4.88. The minimum absolute atomic E-state index is 0.0149. The van der Waals surface area contributed by atoms with Crippen molar-refractivity contribution in [2.75, 3.05) is 20.3 Å². The SMILES string of the molecule is COCCN(Cc1cc(F)cc(Cl)c1COc1cccc2c(-n3cc(F)cn3)cc(C)nc12)C(=O)c1cnco1. The lowest BCUT2D eigenvalue weighted by Gasteiger charge is -2.23.